The Morgan fingerprint density at radius 3 is 2.57 bits per heavy atom. The molecule has 0 spiro atoms. The Kier molecular flexibility index (Phi) is 4.14. The first-order valence-corrected chi connectivity index (χ1v) is 6.14. The van der Waals surface area contributed by atoms with Crippen LogP contribution in [0.2, 0.25) is 0 Å². The molecule has 14 heavy (non-hydrogen) atoms. The third kappa shape index (κ3) is 4.25. The number of hydrogen-bond donors (Lipinski definition) is 1. The van der Waals surface area contributed by atoms with Gasteiger partial charge in [-0.05, 0) is 47.7 Å². The monoisotopic (exact) mass is 211 g/mol. The lowest BCUT2D eigenvalue weighted by Crippen LogP contribution is -2.31. The van der Waals surface area contributed by atoms with Crippen LogP contribution in [0.5, 0.6) is 0 Å². The predicted molar refractivity (Wildman–Crippen MR) is 64.9 cm³/mol. The highest BCUT2D eigenvalue weighted by atomic mass is 32.1. The summed E-state index contributed by atoms with van der Waals surface area (Å²) in [6.45, 7) is 6.89. The molecule has 0 saturated carbocycles. The SMILES string of the molecule is CNC(Cc1ccsc1)CC(C)(C)C. The number of rotatable bonds is 4. The van der Waals surface area contributed by atoms with Gasteiger partial charge < -0.3 is 5.32 Å². The molecule has 0 aliphatic heterocycles. The zero-order valence-corrected chi connectivity index (χ0v) is 10.4. The molecule has 1 unspecified atom stereocenters. The van der Waals surface area contributed by atoms with Gasteiger partial charge in [-0.2, -0.15) is 11.3 Å². The van der Waals surface area contributed by atoms with Crippen LogP contribution in [0.3, 0.4) is 0 Å². The maximum atomic E-state index is 3.40. The second-order valence-corrected chi connectivity index (χ2v) is 5.87. The van der Waals surface area contributed by atoms with Crippen molar-refractivity contribution in [3.8, 4) is 0 Å². The van der Waals surface area contributed by atoms with Crippen LogP contribution in [0.15, 0.2) is 16.8 Å². The molecule has 1 rings (SSSR count). The van der Waals surface area contributed by atoms with Gasteiger partial charge in [0.1, 0.15) is 0 Å². The third-order valence-electron chi connectivity index (χ3n) is 2.33. The van der Waals surface area contributed by atoms with E-state index in [0.717, 1.165) is 6.42 Å². The molecule has 1 aromatic rings. The summed E-state index contributed by atoms with van der Waals surface area (Å²) in [5.74, 6) is 0. The van der Waals surface area contributed by atoms with Gasteiger partial charge in [-0.3, -0.25) is 0 Å². The molecule has 0 aliphatic rings. The van der Waals surface area contributed by atoms with Gasteiger partial charge in [0, 0.05) is 6.04 Å². The van der Waals surface area contributed by atoms with Gasteiger partial charge >= 0.3 is 0 Å². The number of likely N-dealkylation sites (N-methyl/N-ethyl adjacent to an activating group) is 1. The van der Waals surface area contributed by atoms with Gasteiger partial charge in [0.2, 0.25) is 0 Å². The van der Waals surface area contributed by atoms with E-state index in [9.17, 15) is 0 Å². The van der Waals surface area contributed by atoms with Crippen molar-refractivity contribution in [3.63, 3.8) is 0 Å². The molecule has 0 fully saturated rings. The first kappa shape index (κ1) is 11.7. The number of nitrogens with one attached hydrogen (secondary N) is 1. The molecule has 0 bridgehead atoms. The largest absolute Gasteiger partial charge is 0.317 e. The Balaban J connectivity index is 2.47. The van der Waals surface area contributed by atoms with Crippen LogP contribution in [0.4, 0.5) is 0 Å². The summed E-state index contributed by atoms with van der Waals surface area (Å²) >= 11 is 1.78. The molecule has 1 atom stereocenters. The summed E-state index contributed by atoms with van der Waals surface area (Å²) in [6.07, 6.45) is 2.37. The van der Waals surface area contributed by atoms with Gasteiger partial charge in [0.15, 0.2) is 0 Å². The summed E-state index contributed by atoms with van der Waals surface area (Å²) in [5.41, 5.74) is 1.86. The minimum absolute atomic E-state index is 0.406. The minimum Gasteiger partial charge on any atom is -0.317 e. The molecule has 0 aromatic carbocycles. The van der Waals surface area contributed by atoms with Crippen LogP contribution < -0.4 is 5.32 Å². The van der Waals surface area contributed by atoms with Crippen molar-refractivity contribution in [1.29, 1.82) is 0 Å². The Labute approximate surface area is 91.5 Å². The molecule has 1 nitrogen and oxygen atoms in total. The summed E-state index contributed by atoms with van der Waals surface area (Å²) in [6, 6.07) is 2.82. The second kappa shape index (κ2) is 4.94. The van der Waals surface area contributed by atoms with Crippen molar-refractivity contribution >= 4 is 11.3 Å². The Hall–Kier alpha value is -0.340. The molecule has 1 N–H and O–H groups in total. The van der Waals surface area contributed by atoms with Gasteiger partial charge in [0.05, 0.1) is 0 Å². The molecule has 80 valence electrons. The molecule has 0 saturated heterocycles. The Morgan fingerprint density at radius 1 is 1.43 bits per heavy atom. The fourth-order valence-electron chi connectivity index (χ4n) is 1.71. The maximum Gasteiger partial charge on any atom is 0.0110 e. The molecule has 0 radical (unpaired) electrons. The molecule has 0 amide bonds. The third-order valence-corrected chi connectivity index (χ3v) is 3.06. The highest BCUT2D eigenvalue weighted by Gasteiger charge is 2.17. The van der Waals surface area contributed by atoms with Crippen molar-refractivity contribution < 1.29 is 0 Å². The lowest BCUT2D eigenvalue weighted by molar-refractivity contribution is 0.316. The van der Waals surface area contributed by atoms with Crippen LogP contribution in [0.25, 0.3) is 0 Å². The molecule has 0 aliphatic carbocycles. The van der Waals surface area contributed by atoms with E-state index in [1.807, 2.05) is 0 Å². The van der Waals surface area contributed by atoms with Crippen LogP contribution >= 0.6 is 11.3 Å². The van der Waals surface area contributed by atoms with E-state index in [0.29, 0.717) is 11.5 Å². The van der Waals surface area contributed by atoms with E-state index in [-0.39, 0.29) is 0 Å². The van der Waals surface area contributed by atoms with Crippen molar-refractivity contribution in [3.05, 3.63) is 22.4 Å². The zero-order chi connectivity index (χ0) is 10.6. The summed E-state index contributed by atoms with van der Waals surface area (Å²) < 4.78 is 0. The van der Waals surface area contributed by atoms with Crippen LogP contribution in [0.1, 0.15) is 32.8 Å². The maximum absolute atomic E-state index is 3.40. The Bertz CT molecular complexity index is 246. The van der Waals surface area contributed by atoms with Crippen molar-refractivity contribution in [2.24, 2.45) is 5.41 Å². The molecule has 2 heteroatoms. The highest BCUT2D eigenvalue weighted by molar-refractivity contribution is 7.07. The fraction of sp³-hybridized carbons (Fsp3) is 0.667. The first-order valence-electron chi connectivity index (χ1n) is 5.19. The number of thiophene rings is 1. The molecular weight excluding hydrogens is 190 g/mol. The lowest BCUT2D eigenvalue weighted by Gasteiger charge is -2.25. The van der Waals surface area contributed by atoms with E-state index in [1.165, 1.54) is 12.0 Å². The summed E-state index contributed by atoms with van der Waals surface area (Å²) in [4.78, 5) is 0. The lowest BCUT2D eigenvalue weighted by atomic mass is 9.86. The normalized spacial score (nSPS) is 14.3. The summed E-state index contributed by atoms with van der Waals surface area (Å²) in [7, 11) is 2.06. The minimum atomic E-state index is 0.406. The smallest absolute Gasteiger partial charge is 0.0110 e. The molecular formula is C12H21NS. The van der Waals surface area contributed by atoms with Crippen molar-refractivity contribution in [2.45, 2.75) is 39.7 Å². The van der Waals surface area contributed by atoms with Gasteiger partial charge in [0.25, 0.3) is 0 Å². The average molecular weight is 211 g/mol. The fourth-order valence-corrected chi connectivity index (χ4v) is 2.39. The van der Waals surface area contributed by atoms with Crippen LogP contribution in [-0.2, 0) is 6.42 Å². The zero-order valence-electron chi connectivity index (χ0n) is 9.63. The second-order valence-electron chi connectivity index (χ2n) is 5.09. The highest BCUT2D eigenvalue weighted by Crippen LogP contribution is 2.22. The van der Waals surface area contributed by atoms with Crippen LogP contribution in [-0.4, -0.2) is 13.1 Å². The number of hydrogen-bond acceptors (Lipinski definition) is 2. The van der Waals surface area contributed by atoms with Gasteiger partial charge in [-0.25, -0.2) is 0 Å². The van der Waals surface area contributed by atoms with E-state index >= 15 is 0 Å². The van der Waals surface area contributed by atoms with Crippen molar-refractivity contribution in [1.82, 2.24) is 5.32 Å². The summed E-state index contributed by atoms with van der Waals surface area (Å²) in [5, 5.41) is 7.80. The molecule has 1 heterocycles. The van der Waals surface area contributed by atoms with E-state index < -0.39 is 0 Å². The van der Waals surface area contributed by atoms with Crippen LogP contribution in [0, 0.1) is 5.41 Å². The van der Waals surface area contributed by atoms with Crippen molar-refractivity contribution in [2.75, 3.05) is 7.05 Å². The molecule has 1 aromatic heterocycles. The van der Waals surface area contributed by atoms with Gasteiger partial charge in [-0.1, -0.05) is 20.8 Å². The standard InChI is InChI=1S/C12H21NS/c1-12(2,3)8-11(13-4)7-10-5-6-14-9-10/h5-6,9,11,13H,7-8H2,1-4H3. The van der Waals surface area contributed by atoms with E-state index in [4.69, 9.17) is 0 Å². The predicted octanol–water partition coefficient (Wildman–Crippen LogP) is 3.31. The average Bonchev–Trinajstić information content (AvgIpc) is 2.53. The van der Waals surface area contributed by atoms with Gasteiger partial charge in [-0.15, -0.1) is 0 Å². The van der Waals surface area contributed by atoms with E-state index in [1.54, 1.807) is 11.3 Å². The van der Waals surface area contributed by atoms with E-state index in [2.05, 4.69) is 50.0 Å². The quantitative estimate of drug-likeness (QED) is 0.805. The topological polar surface area (TPSA) is 12.0 Å². The Morgan fingerprint density at radius 2 is 2.14 bits per heavy atom. The first-order chi connectivity index (χ1) is 6.51.